The Labute approximate surface area is 102 Å². The Morgan fingerprint density at radius 1 is 1.35 bits per heavy atom. The van der Waals surface area contributed by atoms with Gasteiger partial charge in [0.2, 0.25) is 0 Å². The Kier molecular flexibility index (Phi) is 3.48. The van der Waals surface area contributed by atoms with Crippen molar-refractivity contribution >= 4 is 5.91 Å². The molecule has 0 radical (unpaired) electrons. The summed E-state index contributed by atoms with van der Waals surface area (Å²) in [4.78, 5) is 14.0. The molecule has 3 heteroatoms. The minimum atomic E-state index is -0.362. The van der Waals surface area contributed by atoms with Crippen molar-refractivity contribution in [3.63, 3.8) is 0 Å². The molecule has 1 unspecified atom stereocenters. The molecule has 0 spiro atoms. The summed E-state index contributed by atoms with van der Waals surface area (Å²) in [5.74, 6) is 0.0341. The van der Waals surface area contributed by atoms with Gasteiger partial charge in [0.15, 0.2) is 0 Å². The third-order valence-electron chi connectivity index (χ3n) is 3.44. The summed E-state index contributed by atoms with van der Waals surface area (Å²) >= 11 is 0. The number of rotatable bonds is 1. The predicted octanol–water partition coefficient (Wildman–Crippen LogP) is 1.90. The van der Waals surface area contributed by atoms with Gasteiger partial charge >= 0.3 is 0 Å². The molecule has 1 aliphatic rings. The SMILES string of the molecule is Cc1ccc(C(=O)N2CCCC(O)C2)cc1C. The topological polar surface area (TPSA) is 40.5 Å². The van der Waals surface area contributed by atoms with Crippen LogP contribution in [0.5, 0.6) is 0 Å². The van der Waals surface area contributed by atoms with E-state index in [1.807, 2.05) is 32.0 Å². The Morgan fingerprint density at radius 3 is 2.76 bits per heavy atom. The molecule has 1 amide bonds. The zero-order chi connectivity index (χ0) is 12.4. The zero-order valence-corrected chi connectivity index (χ0v) is 10.4. The van der Waals surface area contributed by atoms with Gasteiger partial charge < -0.3 is 10.0 Å². The summed E-state index contributed by atoms with van der Waals surface area (Å²) in [5, 5.41) is 9.58. The number of amides is 1. The van der Waals surface area contributed by atoms with E-state index in [4.69, 9.17) is 0 Å². The average Bonchev–Trinajstić information content (AvgIpc) is 2.32. The minimum Gasteiger partial charge on any atom is -0.391 e. The lowest BCUT2D eigenvalue weighted by Crippen LogP contribution is -2.42. The monoisotopic (exact) mass is 233 g/mol. The van der Waals surface area contributed by atoms with Crippen molar-refractivity contribution in [3.05, 3.63) is 34.9 Å². The highest BCUT2D eigenvalue weighted by Crippen LogP contribution is 2.16. The first-order chi connectivity index (χ1) is 8.08. The fourth-order valence-corrected chi connectivity index (χ4v) is 2.20. The summed E-state index contributed by atoms with van der Waals surface area (Å²) in [7, 11) is 0. The second kappa shape index (κ2) is 4.88. The first-order valence-corrected chi connectivity index (χ1v) is 6.12. The van der Waals surface area contributed by atoms with Crippen LogP contribution in [0.4, 0.5) is 0 Å². The van der Waals surface area contributed by atoms with Gasteiger partial charge in [-0.3, -0.25) is 4.79 Å². The Bertz CT molecular complexity index is 428. The Hall–Kier alpha value is -1.35. The largest absolute Gasteiger partial charge is 0.391 e. The second-order valence-corrected chi connectivity index (χ2v) is 4.85. The first-order valence-electron chi connectivity index (χ1n) is 6.12. The van der Waals surface area contributed by atoms with Crippen LogP contribution in [-0.4, -0.2) is 35.1 Å². The number of hydrogen-bond acceptors (Lipinski definition) is 2. The lowest BCUT2D eigenvalue weighted by atomic mass is 10.0. The average molecular weight is 233 g/mol. The van der Waals surface area contributed by atoms with Crippen molar-refractivity contribution in [2.45, 2.75) is 32.8 Å². The van der Waals surface area contributed by atoms with Gasteiger partial charge in [-0.2, -0.15) is 0 Å². The maximum atomic E-state index is 12.2. The lowest BCUT2D eigenvalue weighted by molar-refractivity contribution is 0.0473. The third-order valence-corrected chi connectivity index (χ3v) is 3.44. The molecule has 2 rings (SSSR count). The van der Waals surface area contributed by atoms with Gasteiger partial charge in [0.05, 0.1) is 6.10 Å². The van der Waals surface area contributed by atoms with Gasteiger partial charge in [-0.15, -0.1) is 0 Å². The second-order valence-electron chi connectivity index (χ2n) is 4.85. The fourth-order valence-electron chi connectivity index (χ4n) is 2.20. The number of benzene rings is 1. The zero-order valence-electron chi connectivity index (χ0n) is 10.4. The molecular weight excluding hydrogens is 214 g/mol. The van der Waals surface area contributed by atoms with Crippen molar-refractivity contribution in [3.8, 4) is 0 Å². The molecule has 17 heavy (non-hydrogen) atoms. The number of aliphatic hydroxyl groups excluding tert-OH is 1. The summed E-state index contributed by atoms with van der Waals surface area (Å²) in [6.45, 7) is 5.26. The number of aryl methyl sites for hydroxylation is 2. The molecule has 0 aromatic heterocycles. The summed E-state index contributed by atoms with van der Waals surface area (Å²) in [6, 6.07) is 5.77. The predicted molar refractivity (Wildman–Crippen MR) is 67.1 cm³/mol. The van der Waals surface area contributed by atoms with E-state index in [0.717, 1.165) is 30.5 Å². The molecule has 1 fully saturated rings. The first kappa shape index (κ1) is 12.1. The molecule has 0 saturated carbocycles. The highest BCUT2D eigenvalue weighted by Gasteiger charge is 2.22. The van der Waals surface area contributed by atoms with Crippen LogP contribution in [0.3, 0.4) is 0 Å². The molecule has 1 aliphatic heterocycles. The van der Waals surface area contributed by atoms with Gasteiger partial charge in [-0.1, -0.05) is 6.07 Å². The van der Waals surface area contributed by atoms with Gasteiger partial charge in [0.1, 0.15) is 0 Å². The van der Waals surface area contributed by atoms with Crippen molar-refractivity contribution in [1.29, 1.82) is 0 Å². The number of carbonyl (C=O) groups is 1. The summed E-state index contributed by atoms with van der Waals surface area (Å²) in [6.07, 6.45) is 1.33. The fraction of sp³-hybridized carbons (Fsp3) is 0.500. The smallest absolute Gasteiger partial charge is 0.253 e. The Morgan fingerprint density at radius 2 is 2.12 bits per heavy atom. The summed E-state index contributed by atoms with van der Waals surface area (Å²) < 4.78 is 0. The highest BCUT2D eigenvalue weighted by atomic mass is 16.3. The number of nitrogens with zero attached hydrogens (tertiary/aromatic N) is 1. The van der Waals surface area contributed by atoms with Crippen molar-refractivity contribution < 1.29 is 9.90 Å². The van der Waals surface area contributed by atoms with Crippen LogP contribution in [0.2, 0.25) is 0 Å². The van der Waals surface area contributed by atoms with E-state index in [-0.39, 0.29) is 12.0 Å². The van der Waals surface area contributed by atoms with Crippen LogP contribution in [0.15, 0.2) is 18.2 Å². The molecule has 1 N–H and O–H groups in total. The molecule has 0 aliphatic carbocycles. The standard InChI is InChI=1S/C14H19NO2/c1-10-5-6-12(8-11(10)2)14(17)15-7-3-4-13(16)9-15/h5-6,8,13,16H,3-4,7,9H2,1-2H3. The van der Waals surface area contributed by atoms with E-state index in [1.54, 1.807) is 4.90 Å². The molecule has 1 heterocycles. The molecule has 1 atom stereocenters. The third kappa shape index (κ3) is 2.67. The maximum Gasteiger partial charge on any atom is 0.253 e. The molecule has 3 nitrogen and oxygen atoms in total. The summed E-state index contributed by atoms with van der Waals surface area (Å²) in [5.41, 5.74) is 3.05. The number of β-amino-alcohol motifs (C(OH)–C–C–N with tert-alkyl or cyclic N) is 1. The van der Waals surface area contributed by atoms with Gasteiger partial charge in [0, 0.05) is 18.7 Å². The van der Waals surface area contributed by atoms with Crippen LogP contribution < -0.4 is 0 Å². The van der Waals surface area contributed by atoms with Crippen LogP contribution in [0, 0.1) is 13.8 Å². The molecule has 1 saturated heterocycles. The van der Waals surface area contributed by atoms with Gasteiger partial charge in [-0.25, -0.2) is 0 Å². The normalized spacial score (nSPS) is 20.4. The van der Waals surface area contributed by atoms with E-state index in [0.29, 0.717) is 6.54 Å². The highest BCUT2D eigenvalue weighted by molar-refractivity contribution is 5.94. The lowest BCUT2D eigenvalue weighted by Gasteiger charge is -2.30. The molecule has 1 aromatic rings. The number of hydrogen-bond donors (Lipinski definition) is 1. The number of likely N-dealkylation sites (tertiary alicyclic amines) is 1. The van der Waals surface area contributed by atoms with E-state index in [9.17, 15) is 9.90 Å². The van der Waals surface area contributed by atoms with Crippen LogP contribution in [0.1, 0.15) is 34.3 Å². The number of piperidine rings is 1. The van der Waals surface area contributed by atoms with Crippen LogP contribution in [0.25, 0.3) is 0 Å². The van der Waals surface area contributed by atoms with E-state index >= 15 is 0 Å². The van der Waals surface area contributed by atoms with Crippen molar-refractivity contribution in [2.75, 3.05) is 13.1 Å². The number of carbonyl (C=O) groups excluding carboxylic acids is 1. The molecule has 92 valence electrons. The van der Waals surface area contributed by atoms with E-state index in [1.165, 1.54) is 5.56 Å². The van der Waals surface area contributed by atoms with Crippen molar-refractivity contribution in [2.24, 2.45) is 0 Å². The van der Waals surface area contributed by atoms with E-state index < -0.39 is 0 Å². The van der Waals surface area contributed by atoms with Crippen LogP contribution >= 0.6 is 0 Å². The molecule has 0 bridgehead atoms. The minimum absolute atomic E-state index is 0.0341. The van der Waals surface area contributed by atoms with Crippen LogP contribution in [-0.2, 0) is 0 Å². The number of aliphatic hydroxyl groups is 1. The molecular formula is C14H19NO2. The molecule has 1 aromatic carbocycles. The van der Waals surface area contributed by atoms with Gasteiger partial charge in [-0.05, 0) is 49.9 Å². The van der Waals surface area contributed by atoms with E-state index in [2.05, 4.69) is 0 Å². The van der Waals surface area contributed by atoms with Gasteiger partial charge in [0.25, 0.3) is 5.91 Å². The quantitative estimate of drug-likeness (QED) is 0.804. The maximum absolute atomic E-state index is 12.2. The van der Waals surface area contributed by atoms with Crippen molar-refractivity contribution in [1.82, 2.24) is 4.90 Å². The Balaban J connectivity index is 2.15.